The van der Waals surface area contributed by atoms with Crippen molar-refractivity contribution >= 4 is 0 Å². The summed E-state index contributed by atoms with van der Waals surface area (Å²) in [5.41, 5.74) is 1.08. The monoisotopic (exact) mass is 186 g/mol. The lowest BCUT2D eigenvalue weighted by molar-refractivity contribution is 0.340. The van der Waals surface area contributed by atoms with Crippen molar-refractivity contribution in [2.75, 3.05) is 6.61 Å². The van der Waals surface area contributed by atoms with Gasteiger partial charge in [0.25, 0.3) is 0 Å². The Bertz CT molecular complexity index is 349. The molecule has 0 N–H and O–H groups in total. The Kier molecular flexibility index (Phi) is 2.74. The van der Waals surface area contributed by atoms with Gasteiger partial charge < -0.3 is 4.74 Å². The van der Waals surface area contributed by atoms with Crippen molar-refractivity contribution in [2.24, 2.45) is 5.92 Å². The summed E-state index contributed by atoms with van der Waals surface area (Å²) in [6, 6.07) is 7.97. The van der Waals surface area contributed by atoms with Gasteiger partial charge in [-0.25, -0.2) is 0 Å². The van der Waals surface area contributed by atoms with Crippen molar-refractivity contribution in [3.05, 3.63) is 29.8 Å². The van der Waals surface area contributed by atoms with Gasteiger partial charge in [0.05, 0.1) is 6.61 Å². The minimum absolute atomic E-state index is 0.668. The van der Waals surface area contributed by atoms with E-state index in [2.05, 4.69) is 11.8 Å². The van der Waals surface area contributed by atoms with Crippen LogP contribution in [0.2, 0.25) is 0 Å². The molecule has 2 rings (SSSR count). The first-order valence-corrected chi connectivity index (χ1v) is 5.13. The van der Waals surface area contributed by atoms with Gasteiger partial charge in [0.1, 0.15) is 5.75 Å². The Morgan fingerprint density at radius 1 is 1.29 bits per heavy atom. The molecule has 0 unspecified atom stereocenters. The van der Waals surface area contributed by atoms with Gasteiger partial charge in [-0.05, 0) is 44.0 Å². The highest BCUT2D eigenvalue weighted by molar-refractivity contribution is 5.39. The predicted molar refractivity (Wildman–Crippen MR) is 57.2 cm³/mol. The molecule has 0 bridgehead atoms. The van der Waals surface area contributed by atoms with Crippen molar-refractivity contribution in [2.45, 2.75) is 19.8 Å². The van der Waals surface area contributed by atoms with Gasteiger partial charge in [-0.1, -0.05) is 11.8 Å². The summed E-state index contributed by atoms with van der Waals surface area (Å²) in [7, 11) is 0. The molecule has 0 aliphatic heterocycles. The first-order valence-electron chi connectivity index (χ1n) is 5.13. The maximum Gasteiger partial charge on any atom is 0.119 e. The normalized spacial score (nSPS) is 14.4. The average Bonchev–Trinajstić information content (AvgIpc) is 3.01. The standard InChI is InChI=1S/C13H14O/c1-2-14-13-9-7-12(8-10-13)6-5-11-3-4-11/h7-11H,2-4H2,1H3. The van der Waals surface area contributed by atoms with Gasteiger partial charge in [-0.3, -0.25) is 0 Å². The lowest BCUT2D eigenvalue weighted by Gasteiger charge is -2.01. The van der Waals surface area contributed by atoms with E-state index >= 15 is 0 Å². The zero-order chi connectivity index (χ0) is 9.80. The molecule has 0 aromatic heterocycles. The third kappa shape index (κ3) is 2.53. The fraction of sp³-hybridized carbons (Fsp3) is 0.385. The number of hydrogen-bond acceptors (Lipinski definition) is 1. The minimum atomic E-state index is 0.668. The smallest absolute Gasteiger partial charge is 0.119 e. The summed E-state index contributed by atoms with van der Waals surface area (Å²) in [5, 5.41) is 0. The number of hydrogen-bond donors (Lipinski definition) is 0. The topological polar surface area (TPSA) is 9.23 Å². The molecular weight excluding hydrogens is 172 g/mol. The van der Waals surface area contributed by atoms with Crippen LogP contribution in [-0.4, -0.2) is 6.61 Å². The van der Waals surface area contributed by atoms with E-state index in [1.54, 1.807) is 0 Å². The third-order valence-electron chi connectivity index (χ3n) is 2.16. The fourth-order valence-corrected chi connectivity index (χ4v) is 1.21. The van der Waals surface area contributed by atoms with E-state index in [-0.39, 0.29) is 0 Å². The van der Waals surface area contributed by atoms with E-state index in [0.29, 0.717) is 12.5 Å². The zero-order valence-corrected chi connectivity index (χ0v) is 8.42. The van der Waals surface area contributed by atoms with Crippen molar-refractivity contribution in [3.63, 3.8) is 0 Å². The Balaban J connectivity index is 2.02. The molecule has 0 amide bonds. The summed E-state index contributed by atoms with van der Waals surface area (Å²) in [5.74, 6) is 7.99. The Morgan fingerprint density at radius 3 is 2.57 bits per heavy atom. The second kappa shape index (κ2) is 4.19. The number of ether oxygens (including phenoxy) is 1. The van der Waals surface area contributed by atoms with Crippen LogP contribution in [0.15, 0.2) is 24.3 Å². The molecular formula is C13H14O. The molecule has 72 valence electrons. The van der Waals surface area contributed by atoms with Crippen molar-refractivity contribution in [3.8, 4) is 17.6 Å². The zero-order valence-electron chi connectivity index (χ0n) is 8.42. The highest BCUT2D eigenvalue weighted by Gasteiger charge is 2.17. The van der Waals surface area contributed by atoms with E-state index in [0.717, 1.165) is 11.3 Å². The highest BCUT2D eigenvalue weighted by Crippen LogP contribution is 2.27. The van der Waals surface area contributed by atoms with Crippen LogP contribution in [0.3, 0.4) is 0 Å². The Morgan fingerprint density at radius 2 is 2.00 bits per heavy atom. The molecule has 1 aromatic rings. The van der Waals surface area contributed by atoms with E-state index < -0.39 is 0 Å². The second-order valence-electron chi connectivity index (χ2n) is 3.50. The lowest BCUT2D eigenvalue weighted by Crippen LogP contribution is -1.90. The number of rotatable bonds is 2. The van der Waals surface area contributed by atoms with Crippen LogP contribution in [0, 0.1) is 17.8 Å². The largest absolute Gasteiger partial charge is 0.494 e. The summed E-state index contributed by atoms with van der Waals surface area (Å²) in [6.45, 7) is 2.70. The van der Waals surface area contributed by atoms with E-state index in [1.807, 2.05) is 31.2 Å². The third-order valence-corrected chi connectivity index (χ3v) is 2.16. The molecule has 1 saturated carbocycles. The van der Waals surface area contributed by atoms with E-state index in [9.17, 15) is 0 Å². The molecule has 0 saturated heterocycles. The fourth-order valence-electron chi connectivity index (χ4n) is 1.21. The van der Waals surface area contributed by atoms with Crippen LogP contribution in [-0.2, 0) is 0 Å². The Labute approximate surface area is 85.1 Å². The molecule has 1 nitrogen and oxygen atoms in total. The molecule has 1 fully saturated rings. The van der Waals surface area contributed by atoms with Gasteiger partial charge in [0, 0.05) is 11.5 Å². The molecule has 0 radical (unpaired) electrons. The molecule has 1 aliphatic carbocycles. The van der Waals surface area contributed by atoms with Gasteiger partial charge in [-0.2, -0.15) is 0 Å². The lowest BCUT2D eigenvalue weighted by atomic mass is 10.2. The van der Waals surface area contributed by atoms with Crippen molar-refractivity contribution < 1.29 is 4.74 Å². The Hall–Kier alpha value is -1.42. The maximum atomic E-state index is 5.35. The molecule has 1 aliphatic rings. The van der Waals surface area contributed by atoms with E-state index in [4.69, 9.17) is 4.74 Å². The second-order valence-corrected chi connectivity index (χ2v) is 3.50. The molecule has 14 heavy (non-hydrogen) atoms. The van der Waals surface area contributed by atoms with Gasteiger partial charge in [0.15, 0.2) is 0 Å². The molecule has 1 heteroatoms. The maximum absolute atomic E-state index is 5.35. The van der Waals surface area contributed by atoms with Crippen LogP contribution in [0.25, 0.3) is 0 Å². The predicted octanol–water partition coefficient (Wildman–Crippen LogP) is 2.85. The number of benzene rings is 1. The van der Waals surface area contributed by atoms with Gasteiger partial charge in [-0.15, -0.1) is 0 Å². The van der Waals surface area contributed by atoms with Crippen LogP contribution in [0.5, 0.6) is 5.75 Å². The molecule has 0 heterocycles. The van der Waals surface area contributed by atoms with Crippen LogP contribution in [0.4, 0.5) is 0 Å². The van der Waals surface area contributed by atoms with Crippen LogP contribution in [0.1, 0.15) is 25.3 Å². The summed E-state index contributed by atoms with van der Waals surface area (Å²) < 4.78 is 5.35. The SMILES string of the molecule is CCOc1ccc(C#CC2CC2)cc1. The van der Waals surface area contributed by atoms with E-state index in [1.165, 1.54) is 12.8 Å². The van der Waals surface area contributed by atoms with Gasteiger partial charge in [0.2, 0.25) is 0 Å². The average molecular weight is 186 g/mol. The molecule has 0 atom stereocenters. The molecule has 1 aromatic carbocycles. The van der Waals surface area contributed by atoms with Crippen LogP contribution < -0.4 is 4.74 Å². The first-order chi connectivity index (χ1) is 6.88. The minimum Gasteiger partial charge on any atom is -0.494 e. The highest BCUT2D eigenvalue weighted by atomic mass is 16.5. The summed E-state index contributed by atoms with van der Waals surface area (Å²) >= 11 is 0. The first kappa shape index (κ1) is 9.15. The van der Waals surface area contributed by atoms with Gasteiger partial charge >= 0.3 is 0 Å². The van der Waals surface area contributed by atoms with Crippen molar-refractivity contribution in [1.82, 2.24) is 0 Å². The molecule has 0 spiro atoms. The summed E-state index contributed by atoms with van der Waals surface area (Å²) in [4.78, 5) is 0. The van der Waals surface area contributed by atoms with Crippen molar-refractivity contribution in [1.29, 1.82) is 0 Å². The van der Waals surface area contributed by atoms with Crippen LogP contribution >= 0.6 is 0 Å². The quantitative estimate of drug-likeness (QED) is 0.645. The summed E-state index contributed by atoms with van der Waals surface area (Å²) in [6.07, 6.45) is 2.56.